The van der Waals surface area contributed by atoms with Crippen LogP contribution in [-0.2, 0) is 23.1 Å². The molecule has 2 N–H and O–H groups in total. The van der Waals surface area contributed by atoms with Gasteiger partial charge in [0.25, 0.3) is 0 Å². The molecule has 0 saturated carbocycles. The van der Waals surface area contributed by atoms with Crippen molar-refractivity contribution in [2.75, 3.05) is 0 Å². The first kappa shape index (κ1) is 15.7. The van der Waals surface area contributed by atoms with Crippen LogP contribution in [-0.4, -0.2) is 19.6 Å². The van der Waals surface area contributed by atoms with Crippen LogP contribution in [0.2, 0.25) is 0 Å². The van der Waals surface area contributed by atoms with E-state index >= 15 is 0 Å². The van der Waals surface area contributed by atoms with Gasteiger partial charge in [0.05, 0.1) is 17.6 Å². The summed E-state index contributed by atoms with van der Waals surface area (Å²) in [6.07, 6.45) is 1.48. The van der Waals surface area contributed by atoms with Crippen LogP contribution >= 0.6 is 0 Å². The van der Waals surface area contributed by atoms with Gasteiger partial charge in [0.2, 0.25) is 10.0 Å². The summed E-state index contributed by atoms with van der Waals surface area (Å²) < 4.78 is 32.2. The van der Waals surface area contributed by atoms with Crippen LogP contribution in [0.3, 0.4) is 0 Å². The molecule has 7 heteroatoms. The highest BCUT2D eigenvalue weighted by atomic mass is 32.2. The van der Waals surface area contributed by atoms with E-state index in [1.165, 1.54) is 6.20 Å². The molecule has 0 saturated heterocycles. The molecule has 0 bridgehead atoms. The van der Waals surface area contributed by atoms with Crippen LogP contribution in [0.4, 0.5) is 0 Å². The van der Waals surface area contributed by atoms with E-state index in [2.05, 4.69) is 15.2 Å². The minimum absolute atomic E-state index is 0.0777. The zero-order chi connectivity index (χ0) is 15.3. The van der Waals surface area contributed by atoms with Crippen LogP contribution in [0.1, 0.15) is 25.2 Å². The van der Waals surface area contributed by atoms with E-state index in [4.69, 9.17) is 4.52 Å². The first-order chi connectivity index (χ1) is 9.99. The molecule has 2 aromatic rings. The molecule has 1 aromatic heterocycles. The number of nitrogens with one attached hydrogen (secondary N) is 2. The third-order valence-corrected chi connectivity index (χ3v) is 4.39. The standard InChI is InChI=1S/C14H19N3O3S/c1-11(2)15-9-12-5-3-4-6-14(12)21(18,19)17-10-13-7-8-16-20-13/h3-8,11,15,17H,9-10H2,1-2H3. The maximum atomic E-state index is 12.4. The van der Waals surface area contributed by atoms with Gasteiger partial charge < -0.3 is 9.84 Å². The molecule has 0 aliphatic heterocycles. The maximum Gasteiger partial charge on any atom is 0.241 e. The van der Waals surface area contributed by atoms with Crippen LogP contribution in [0, 0.1) is 0 Å². The van der Waals surface area contributed by atoms with Crippen LogP contribution in [0.5, 0.6) is 0 Å². The Hall–Kier alpha value is -1.70. The fraction of sp³-hybridized carbons (Fsp3) is 0.357. The number of sulfonamides is 1. The van der Waals surface area contributed by atoms with E-state index in [0.29, 0.717) is 12.3 Å². The number of nitrogens with zero attached hydrogens (tertiary/aromatic N) is 1. The van der Waals surface area contributed by atoms with E-state index in [0.717, 1.165) is 5.56 Å². The molecule has 0 unspecified atom stereocenters. The molecule has 0 amide bonds. The predicted octanol–water partition coefficient (Wildman–Crippen LogP) is 1.65. The molecular weight excluding hydrogens is 290 g/mol. The lowest BCUT2D eigenvalue weighted by atomic mass is 10.2. The van der Waals surface area contributed by atoms with E-state index < -0.39 is 10.0 Å². The Bertz CT molecular complexity index is 667. The van der Waals surface area contributed by atoms with Gasteiger partial charge in [0, 0.05) is 18.7 Å². The monoisotopic (exact) mass is 309 g/mol. The van der Waals surface area contributed by atoms with E-state index in [9.17, 15) is 8.42 Å². The number of rotatable bonds is 7. The fourth-order valence-corrected chi connectivity index (χ4v) is 3.03. The number of hydrogen-bond acceptors (Lipinski definition) is 5. The summed E-state index contributed by atoms with van der Waals surface area (Å²) in [5.41, 5.74) is 0.733. The van der Waals surface area contributed by atoms with E-state index in [-0.39, 0.29) is 17.5 Å². The summed E-state index contributed by atoms with van der Waals surface area (Å²) in [6.45, 7) is 4.60. The molecule has 0 spiro atoms. The Labute approximate surface area is 124 Å². The van der Waals surface area contributed by atoms with Crippen molar-refractivity contribution in [2.45, 2.75) is 37.9 Å². The lowest BCUT2D eigenvalue weighted by Crippen LogP contribution is -2.27. The molecule has 0 fully saturated rings. The third kappa shape index (κ3) is 4.38. The molecule has 2 rings (SSSR count). The Morgan fingerprint density at radius 3 is 2.62 bits per heavy atom. The maximum absolute atomic E-state index is 12.4. The molecule has 21 heavy (non-hydrogen) atoms. The zero-order valence-corrected chi connectivity index (χ0v) is 12.9. The van der Waals surface area contributed by atoms with Gasteiger partial charge in [0.15, 0.2) is 5.76 Å². The largest absolute Gasteiger partial charge is 0.360 e. The highest BCUT2D eigenvalue weighted by Crippen LogP contribution is 2.16. The normalized spacial score (nSPS) is 12.0. The van der Waals surface area contributed by atoms with Crippen molar-refractivity contribution in [1.29, 1.82) is 0 Å². The zero-order valence-electron chi connectivity index (χ0n) is 12.0. The smallest absolute Gasteiger partial charge is 0.241 e. The second kappa shape index (κ2) is 6.84. The second-order valence-electron chi connectivity index (χ2n) is 4.95. The Morgan fingerprint density at radius 2 is 1.95 bits per heavy atom. The van der Waals surface area contributed by atoms with Gasteiger partial charge in [-0.15, -0.1) is 0 Å². The molecule has 0 radical (unpaired) electrons. The number of aromatic nitrogens is 1. The number of hydrogen-bond donors (Lipinski definition) is 2. The quantitative estimate of drug-likeness (QED) is 0.812. The van der Waals surface area contributed by atoms with Crippen molar-refractivity contribution in [3.05, 3.63) is 47.9 Å². The molecule has 0 aliphatic rings. The van der Waals surface area contributed by atoms with Gasteiger partial charge in [-0.3, -0.25) is 0 Å². The highest BCUT2D eigenvalue weighted by molar-refractivity contribution is 7.89. The van der Waals surface area contributed by atoms with Gasteiger partial charge >= 0.3 is 0 Å². The van der Waals surface area contributed by atoms with E-state index in [1.54, 1.807) is 24.3 Å². The molecule has 114 valence electrons. The molecular formula is C14H19N3O3S. The van der Waals surface area contributed by atoms with Crippen molar-refractivity contribution in [2.24, 2.45) is 0 Å². The van der Waals surface area contributed by atoms with Gasteiger partial charge in [-0.05, 0) is 11.6 Å². The third-order valence-electron chi connectivity index (χ3n) is 2.89. The minimum Gasteiger partial charge on any atom is -0.360 e. The summed E-state index contributed by atoms with van der Waals surface area (Å²) >= 11 is 0. The predicted molar refractivity (Wildman–Crippen MR) is 78.9 cm³/mol. The summed E-state index contributed by atoms with van der Waals surface area (Å²) in [5.74, 6) is 0.469. The van der Waals surface area contributed by atoms with Crippen molar-refractivity contribution in [1.82, 2.24) is 15.2 Å². The summed E-state index contributed by atoms with van der Waals surface area (Å²) in [7, 11) is -3.59. The summed E-state index contributed by atoms with van der Waals surface area (Å²) in [6, 6.07) is 8.84. The summed E-state index contributed by atoms with van der Waals surface area (Å²) in [4.78, 5) is 0.276. The highest BCUT2D eigenvalue weighted by Gasteiger charge is 2.18. The Morgan fingerprint density at radius 1 is 1.19 bits per heavy atom. The van der Waals surface area contributed by atoms with Gasteiger partial charge in [-0.25, -0.2) is 13.1 Å². The molecule has 0 atom stereocenters. The first-order valence-electron chi connectivity index (χ1n) is 6.69. The van der Waals surface area contributed by atoms with E-state index in [1.807, 2.05) is 19.9 Å². The Kier molecular flexibility index (Phi) is 5.11. The van der Waals surface area contributed by atoms with Crippen molar-refractivity contribution >= 4 is 10.0 Å². The average Bonchev–Trinajstić information content (AvgIpc) is 2.97. The molecule has 1 aromatic carbocycles. The van der Waals surface area contributed by atoms with Crippen molar-refractivity contribution in [3.63, 3.8) is 0 Å². The van der Waals surface area contributed by atoms with Crippen LogP contribution < -0.4 is 10.0 Å². The summed E-state index contributed by atoms with van der Waals surface area (Å²) in [5, 5.41) is 6.77. The van der Waals surface area contributed by atoms with Crippen molar-refractivity contribution in [3.8, 4) is 0 Å². The van der Waals surface area contributed by atoms with Gasteiger partial charge in [-0.2, -0.15) is 0 Å². The van der Waals surface area contributed by atoms with Crippen LogP contribution in [0.15, 0.2) is 45.9 Å². The van der Waals surface area contributed by atoms with Gasteiger partial charge in [-0.1, -0.05) is 37.2 Å². The lowest BCUT2D eigenvalue weighted by Gasteiger charge is -2.13. The van der Waals surface area contributed by atoms with Crippen molar-refractivity contribution < 1.29 is 12.9 Å². The molecule has 0 aliphatic carbocycles. The SMILES string of the molecule is CC(C)NCc1ccccc1S(=O)(=O)NCc1ccno1. The second-order valence-corrected chi connectivity index (χ2v) is 6.68. The number of benzene rings is 1. The molecule has 1 heterocycles. The average molecular weight is 309 g/mol. The lowest BCUT2D eigenvalue weighted by molar-refractivity contribution is 0.380. The topological polar surface area (TPSA) is 84.2 Å². The van der Waals surface area contributed by atoms with Gasteiger partial charge in [0.1, 0.15) is 0 Å². The van der Waals surface area contributed by atoms with Crippen LogP contribution in [0.25, 0.3) is 0 Å². The minimum atomic E-state index is -3.59. The first-order valence-corrected chi connectivity index (χ1v) is 8.18. The Balaban J connectivity index is 2.15. The molecule has 6 nitrogen and oxygen atoms in total. The fourth-order valence-electron chi connectivity index (χ4n) is 1.80.